The van der Waals surface area contributed by atoms with Crippen LogP contribution in [-0.4, -0.2) is 0 Å². The van der Waals surface area contributed by atoms with Gasteiger partial charge in [-0.15, -0.1) is 0 Å². The van der Waals surface area contributed by atoms with Gasteiger partial charge < -0.3 is 0 Å². The maximum Gasteiger partial charge on any atom is 0 e. The molecule has 0 unspecified atom stereocenters. The van der Waals surface area contributed by atoms with E-state index in [1.165, 1.54) is 83.5 Å². The van der Waals surface area contributed by atoms with E-state index in [1.807, 2.05) is 27.7 Å². The van der Waals surface area contributed by atoms with Gasteiger partial charge in [0, 0.05) is 37.2 Å². The van der Waals surface area contributed by atoms with Crippen molar-refractivity contribution in [3.05, 3.63) is 0 Å². The molecule has 0 heterocycles. The van der Waals surface area contributed by atoms with Crippen molar-refractivity contribution in [3.8, 4) is 0 Å². The highest BCUT2D eigenvalue weighted by molar-refractivity contribution is 15.0. The first-order chi connectivity index (χ1) is 12.2. The maximum atomic E-state index is 2.34. The van der Waals surface area contributed by atoms with Gasteiger partial charge in [-0.05, 0) is 17.8 Å². The number of hydrogen-bond acceptors (Lipinski definition) is 0. The SMILES string of the molecule is CC.CC.CC1CCCC1.CC1CCCC1.CCC1CCCC1.II. The molecule has 0 aromatic carbocycles. The second-order valence-electron chi connectivity index (χ2n) is 7.34. The highest BCUT2D eigenvalue weighted by Crippen LogP contribution is 2.26. The fourth-order valence-electron chi connectivity index (χ4n) is 3.68. The van der Waals surface area contributed by atoms with Gasteiger partial charge in [0.1, 0.15) is 0 Å². The van der Waals surface area contributed by atoms with E-state index in [0.717, 1.165) is 17.8 Å². The molecule has 0 bridgehead atoms. The second kappa shape index (κ2) is 27.7. The van der Waals surface area contributed by atoms with Crippen molar-refractivity contribution in [1.82, 2.24) is 0 Å². The predicted octanol–water partition coefficient (Wildman–Crippen LogP) is 10.8. The zero-order valence-electron chi connectivity index (χ0n) is 18.7. The molecule has 3 rings (SSSR count). The molecule has 3 aliphatic rings. The molecule has 0 radical (unpaired) electrons. The largest absolute Gasteiger partial charge is 0.0683 e. The van der Waals surface area contributed by atoms with Gasteiger partial charge in [0.25, 0.3) is 0 Å². The van der Waals surface area contributed by atoms with E-state index in [4.69, 9.17) is 0 Å². The number of halogens is 2. The Labute approximate surface area is 185 Å². The Morgan fingerprint density at radius 3 is 0.920 bits per heavy atom. The van der Waals surface area contributed by atoms with Crippen LogP contribution in [0.3, 0.4) is 0 Å². The first-order valence-corrected chi connectivity index (χ1v) is 17.6. The third-order valence-electron chi connectivity index (χ3n) is 5.34. The van der Waals surface area contributed by atoms with E-state index < -0.39 is 0 Å². The summed E-state index contributed by atoms with van der Waals surface area (Å²) >= 11 is 4.24. The molecule has 0 N–H and O–H groups in total. The summed E-state index contributed by atoms with van der Waals surface area (Å²) in [7, 11) is 0. The van der Waals surface area contributed by atoms with Crippen LogP contribution in [0.1, 0.15) is 132 Å². The summed E-state index contributed by atoms with van der Waals surface area (Å²) in [4.78, 5) is 0. The highest BCUT2D eigenvalue weighted by atomic mass is 128. The molecular weight excluding hydrogens is 530 g/mol. The predicted molar refractivity (Wildman–Crippen MR) is 138 cm³/mol. The molecule has 3 fully saturated rings. The third kappa shape index (κ3) is 23.4. The lowest BCUT2D eigenvalue weighted by atomic mass is 10.1. The van der Waals surface area contributed by atoms with Crippen molar-refractivity contribution in [2.45, 2.75) is 132 Å². The van der Waals surface area contributed by atoms with Crippen LogP contribution in [0, 0.1) is 17.8 Å². The molecule has 25 heavy (non-hydrogen) atoms. The Bertz CT molecular complexity index is 174. The van der Waals surface area contributed by atoms with Gasteiger partial charge in [-0.1, -0.05) is 132 Å². The fraction of sp³-hybridized carbons (Fsp3) is 1.00. The first kappa shape index (κ1) is 31.2. The lowest BCUT2D eigenvalue weighted by Gasteiger charge is -1.99. The second-order valence-corrected chi connectivity index (χ2v) is 7.34. The van der Waals surface area contributed by atoms with Crippen molar-refractivity contribution in [3.63, 3.8) is 0 Å². The molecule has 0 aliphatic heterocycles. The van der Waals surface area contributed by atoms with Crippen LogP contribution in [0.5, 0.6) is 0 Å². The number of rotatable bonds is 1. The molecule has 0 atom stereocenters. The topological polar surface area (TPSA) is 0 Å². The van der Waals surface area contributed by atoms with Crippen LogP contribution in [-0.2, 0) is 0 Å². The third-order valence-corrected chi connectivity index (χ3v) is 5.34. The van der Waals surface area contributed by atoms with Gasteiger partial charge in [0.2, 0.25) is 0 Å². The van der Waals surface area contributed by atoms with Crippen LogP contribution in [0.15, 0.2) is 0 Å². The molecule has 3 aliphatic carbocycles. The van der Waals surface area contributed by atoms with Gasteiger partial charge in [-0.2, -0.15) is 0 Å². The molecule has 0 nitrogen and oxygen atoms in total. The average molecular weight is 580 g/mol. The molecule has 2 heteroatoms. The molecular formula is C23H50I2. The Morgan fingerprint density at radius 1 is 0.560 bits per heavy atom. The van der Waals surface area contributed by atoms with Crippen LogP contribution in [0.25, 0.3) is 0 Å². The van der Waals surface area contributed by atoms with E-state index in [1.54, 1.807) is 0 Å². The minimum atomic E-state index is 1.05. The van der Waals surface area contributed by atoms with Crippen molar-refractivity contribution >= 4 is 37.2 Å². The summed E-state index contributed by atoms with van der Waals surface area (Å²) in [6.45, 7) is 15.0. The van der Waals surface area contributed by atoms with Crippen molar-refractivity contribution in [1.29, 1.82) is 0 Å². The monoisotopic (exact) mass is 580 g/mol. The van der Waals surface area contributed by atoms with Crippen molar-refractivity contribution < 1.29 is 0 Å². The van der Waals surface area contributed by atoms with E-state index >= 15 is 0 Å². The minimum absolute atomic E-state index is 1.05. The molecule has 0 saturated heterocycles. The summed E-state index contributed by atoms with van der Waals surface area (Å²) in [6, 6.07) is 0. The van der Waals surface area contributed by atoms with E-state index in [-0.39, 0.29) is 0 Å². The quantitative estimate of drug-likeness (QED) is 0.271. The van der Waals surface area contributed by atoms with Gasteiger partial charge in [0.15, 0.2) is 0 Å². The first-order valence-electron chi connectivity index (χ1n) is 11.4. The summed E-state index contributed by atoms with van der Waals surface area (Å²) < 4.78 is 0. The standard InChI is InChI=1S/C7H14.2C6H12.2C2H6.I2/c1-2-7-5-3-4-6-7;2*1-6-4-2-3-5-6;3*1-2/h7H,2-6H2,1H3;2*6H,2-5H2,1H3;2*1-2H3;. The Kier molecular flexibility index (Phi) is 34.5. The Morgan fingerprint density at radius 2 is 0.800 bits per heavy atom. The summed E-state index contributed by atoms with van der Waals surface area (Å²) in [5.74, 6) is 3.19. The molecule has 0 aromatic heterocycles. The van der Waals surface area contributed by atoms with Gasteiger partial charge in [0.05, 0.1) is 0 Å². The maximum absolute atomic E-state index is 2.34. The van der Waals surface area contributed by atoms with Crippen LogP contribution in [0.2, 0.25) is 0 Å². The summed E-state index contributed by atoms with van der Waals surface area (Å²) in [6.07, 6.45) is 19.3. The minimum Gasteiger partial charge on any atom is -0.0683 e. The average Bonchev–Trinajstić information content (AvgIpc) is 3.45. The van der Waals surface area contributed by atoms with Crippen LogP contribution < -0.4 is 0 Å². The Hall–Kier alpha value is 1.46. The smallest absolute Gasteiger partial charge is 0 e. The molecule has 0 spiro atoms. The molecule has 3 saturated carbocycles. The highest BCUT2D eigenvalue weighted by Gasteiger charge is 2.11. The van der Waals surface area contributed by atoms with Gasteiger partial charge in [-0.25, -0.2) is 0 Å². The normalized spacial score (nSPS) is 19.6. The van der Waals surface area contributed by atoms with Gasteiger partial charge in [-0.3, -0.25) is 0 Å². The Balaban J connectivity index is -0.000000253. The summed E-state index contributed by atoms with van der Waals surface area (Å²) in [5.41, 5.74) is 0. The van der Waals surface area contributed by atoms with E-state index in [2.05, 4.69) is 58.0 Å². The van der Waals surface area contributed by atoms with Gasteiger partial charge >= 0.3 is 0 Å². The van der Waals surface area contributed by atoms with E-state index in [9.17, 15) is 0 Å². The van der Waals surface area contributed by atoms with Crippen molar-refractivity contribution in [2.24, 2.45) is 17.8 Å². The molecule has 0 aromatic rings. The van der Waals surface area contributed by atoms with E-state index in [0.29, 0.717) is 0 Å². The van der Waals surface area contributed by atoms with Crippen LogP contribution in [0.4, 0.5) is 0 Å². The number of hydrogen-bond donors (Lipinski definition) is 0. The fourth-order valence-corrected chi connectivity index (χ4v) is 3.68. The summed E-state index contributed by atoms with van der Waals surface area (Å²) in [5, 5.41) is 0. The van der Waals surface area contributed by atoms with Crippen LogP contribution >= 0.6 is 37.2 Å². The van der Waals surface area contributed by atoms with Crippen molar-refractivity contribution in [2.75, 3.05) is 0 Å². The lowest BCUT2D eigenvalue weighted by molar-refractivity contribution is 0.531. The zero-order valence-corrected chi connectivity index (χ0v) is 23.0. The molecule has 0 amide bonds. The lowest BCUT2D eigenvalue weighted by Crippen LogP contribution is -1.86. The zero-order chi connectivity index (χ0) is 19.9. The molecule has 156 valence electrons.